The van der Waals surface area contributed by atoms with Crippen LogP contribution in [0.2, 0.25) is 0 Å². The highest BCUT2D eigenvalue weighted by Gasteiger charge is 2.17. The van der Waals surface area contributed by atoms with Crippen LogP contribution in [0.15, 0.2) is 30.7 Å². The zero-order valence-electron chi connectivity index (χ0n) is 12.8. The Bertz CT molecular complexity index is 619. The predicted octanol–water partition coefficient (Wildman–Crippen LogP) is 3.32. The molecular formula is C16H21N5. The minimum Gasteiger partial charge on any atom is -0.383 e. The van der Waals surface area contributed by atoms with Gasteiger partial charge in [0.25, 0.3) is 0 Å². The van der Waals surface area contributed by atoms with Gasteiger partial charge in [0.2, 0.25) is 0 Å². The van der Waals surface area contributed by atoms with Gasteiger partial charge in [0.15, 0.2) is 0 Å². The number of nitriles is 1. The molecule has 5 heteroatoms. The Hall–Kier alpha value is -2.35. The number of pyridine rings is 1. The molecular weight excluding hydrogens is 262 g/mol. The van der Waals surface area contributed by atoms with Crippen molar-refractivity contribution in [3.05, 3.63) is 36.5 Å². The Balaban J connectivity index is 1.97. The second-order valence-corrected chi connectivity index (χ2v) is 5.93. The summed E-state index contributed by atoms with van der Waals surface area (Å²) in [6.07, 6.45) is 6.97. The van der Waals surface area contributed by atoms with Crippen LogP contribution in [-0.4, -0.2) is 21.1 Å². The number of imidazole rings is 1. The van der Waals surface area contributed by atoms with E-state index in [1.54, 1.807) is 6.20 Å². The van der Waals surface area contributed by atoms with Gasteiger partial charge in [0.05, 0.1) is 18.0 Å². The van der Waals surface area contributed by atoms with Crippen molar-refractivity contribution >= 4 is 5.69 Å². The van der Waals surface area contributed by atoms with Gasteiger partial charge >= 0.3 is 0 Å². The predicted molar refractivity (Wildman–Crippen MR) is 83.2 cm³/mol. The molecule has 2 aromatic rings. The Morgan fingerprint density at radius 3 is 2.71 bits per heavy atom. The van der Waals surface area contributed by atoms with Crippen molar-refractivity contribution in [1.82, 2.24) is 14.5 Å². The van der Waals surface area contributed by atoms with Gasteiger partial charge in [-0.2, -0.15) is 5.26 Å². The molecule has 0 fully saturated rings. The van der Waals surface area contributed by atoms with E-state index in [9.17, 15) is 0 Å². The fourth-order valence-electron chi connectivity index (χ4n) is 2.08. The molecule has 2 heterocycles. The average Bonchev–Trinajstić information content (AvgIpc) is 2.90. The number of hydrogen-bond donors (Lipinski definition) is 1. The van der Waals surface area contributed by atoms with Gasteiger partial charge in [0, 0.05) is 25.4 Å². The molecule has 0 bridgehead atoms. The van der Waals surface area contributed by atoms with Crippen LogP contribution >= 0.6 is 0 Å². The summed E-state index contributed by atoms with van der Waals surface area (Å²) < 4.78 is 1.95. The van der Waals surface area contributed by atoms with Crippen molar-refractivity contribution < 1.29 is 0 Å². The number of aromatic nitrogens is 3. The van der Waals surface area contributed by atoms with Gasteiger partial charge in [0.1, 0.15) is 11.6 Å². The first kappa shape index (κ1) is 15.0. The normalized spacial score (nSPS) is 11.1. The topological polar surface area (TPSA) is 66.5 Å². The molecule has 110 valence electrons. The third-order valence-electron chi connectivity index (χ3n) is 3.51. The SMILES string of the molecule is Cc1nccn1-c1ccc(NCC(C)(C)CCC#N)cn1. The highest BCUT2D eigenvalue weighted by molar-refractivity contribution is 5.44. The molecule has 2 aromatic heterocycles. The molecule has 0 spiro atoms. The monoisotopic (exact) mass is 283 g/mol. The van der Waals surface area contributed by atoms with E-state index in [0.717, 1.165) is 30.3 Å². The maximum Gasteiger partial charge on any atom is 0.138 e. The fourth-order valence-corrected chi connectivity index (χ4v) is 2.08. The highest BCUT2D eigenvalue weighted by atomic mass is 15.1. The third-order valence-corrected chi connectivity index (χ3v) is 3.51. The molecule has 0 aliphatic heterocycles. The largest absolute Gasteiger partial charge is 0.383 e. The summed E-state index contributed by atoms with van der Waals surface area (Å²) in [6.45, 7) is 7.09. The molecule has 0 saturated carbocycles. The molecule has 0 radical (unpaired) electrons. The van der Waals surface area contributed by atoms with Crippen LogP contribution in [0, 0.1) is 23.7 Å². The minimum atomic E-state index is 0.0926. The standard InChI is InChI=1S/C16H21N5/c1-13-18-9-10-21(13)15-6-5-14(11-19-15)20-12-16(2,3)7-4-8-17/h5-6,9-11,20H,4,7,12H2,1-3H3. The Morgan fingerprint density at radius 1 is 1.33 bits per heavy atom. The van der Waals surface area contributed by atoms with Crippen LogP contribution in [-0.2, 0) is 0 Å². The zero-order chi connectivity index (χ0) is 15.3. The Labute approximate surface area is 125 Å². The first-order valence-electron chi connectivity index (χ1n) is 7.09. The van der Waals surface area contributed by atoms with Crippen molar-refractivity contribution in [2.75, 3.05) is 11.9 Å². The summed E-state index contributed by atoms with van der Waals surface area (Å²) in [4.78, 5) is 8.65. The van der Waals surface area contributed by atoms with Crippen LogP contribution in [0.3, 0.4) is 0 Å². The first-order chi connectivity index (χ1) is 10.0. The second-order valence-electron chi connectivity index (χ2n) is 5.93. The number of nitrogens with zero attached hydrogens (tertiary/aromatic N) is 4. The number of aryl methyl sites for hydroxylation is 1. The van der Waals surface area contributed by atoms with Crippen molar-refractivity contribution in [3.63, 3.8) is 0 Å². The lowest BCUT2D eigenvalue weighted by molar-refractivity contribution is 0.364. The van der Waals surface area contributed by atoms with E-state index in [4.69, 9.17) is 5.26 Å². The number of nitrogens with one attached hydrogen (secondary N) is 1. The molecule has 21 heavy (non-hydrogen) atoms. The summed E-state index contributed by atoms with van der Waals surface area (Å²) in [5.74, 6) is 1.78. The van der Waals surface area contributed by atoms with Crippen LogP contribution < -0.4 is 5.32 Å². The quantitative estimate of drug-likeness (QED) is 0.883. The summed E-state index contributed by atoms with van der Waals surface area (Å²) >= 11 is 0. The Kier molecular flexibility index (Phi) is 4.59. The smallest absolute Gasteiger partial charge is 0.138 e. The molecule has 0 amide bonds. The lowest BCUT2D eigenvalue weighted by Gasteiger charge is -2.24. The van der Waals surface area contributed by atoms with E-state index >= 15 is 0 Å². The molecule has 0 aromatic carbocycles. The van der Waals surface area contributed by atoms with Gasteiger partial charge < -0.3 is 5.32 Å². The van der Waals surface area contributed by atoms with Gasteiger partial charge in [-0.3, -0.25) is 4.57 Å². The molecule has 0 atom stereocenters. The van der Waals surface area contributed by atoms with E-state index in [2.05, 4.69) is 35.2 Å². The summed E-state index contributed by atoms with van der Waals surface area (Å²) in [7, 11) is 0. The van der Waals surface area contributed by atoms with E-state index in [1.807, 2.05) is 36.0 Å². The van der Waals surface area contributed by atoms with Gasteiger partial charge in [-0.15, -0.1) is 0 Å². The van der Waals surface area contributed by atoms with Gasteiger partial charge in [-0.25, -0.2) is 9.97 Å². The number of anilines is 1. The molecule has 5 nitrogen and oxygen atoms in total. The molecule has 0 saturated heterocycles. The van der Waals surface area contributed by atoms with Crippen molar-refractivity contribution in [2.24, 2.45) is 5.41 Å². The van der Waals surface area contributed by atoms with E-state index < -0.39 is 0 Å². The van der Waals surface area contributed by atoms with Crippen LogP contribution in [0.5, 0.6) is 0 Å². The second kappa shape index (κ2) is 6.40. The van der Waals surface area contributed by atoms with Crippen molar-refractivity contribution in [1.29, 1.82) is 5.26 Å². The zero-order valence-corrected chi connectivity index (χ0v) is 12.8. The highest BCUT2D eigenvalue weighted by Crippen LogP contribution is 2.23. The lowest BCUT2D eigenvalue weighted by atomic mass is 9.88. The van der Waals surface area contributed by atoms with Crippen LogP contribution in [0.25, 0.3) is 5.82 Å². The molecule has 0 unspecified atom stereocenters. The van der Waals surface area contributed by atoms with Crippen molar-refractivity contribution in [3.8, 4) is 11.9 Å². The van der Waals surface area contributed by atoms with Crippen LogP contribution in [0.4, 0.5) is 5.69 Å². The average molecular weight is 283 g/mol. The third kappa shape index (κ3) is 4.06. The van der Waals surface area contributed by atoms with Crippen molar-refractivity contribution in [2.45, 2.75) is 33.6 Å². The summed E-state index contributed by atoms with van der Waals surface area (Å²) in [5, 5.41) is 12.1. The van der Waals surface area contributed by atoms with E-state index in [-0.39, 0.29) is 5.41 Å². The molecule has 1 N–H and O–H groups in total. The minimum absolute atomic E-state index is 0.0926. The van der Waals surface area contributed by atoms with Crippen LogP contribution in [0.1, 0.15) is 32.5 Å². The fraction of sp³-hybridized carbons (Fsp3) is 0.438. The number of rotatable bonds is 6. The van der Waals surface area contributed by atoms with E-state index in [0.29, 0.717) is 6.42 Å². The summed E-state index contributed by atoms with van der Waals surface area (Å²) in [5.41, 5.74) is 1.08. The molecule has 2 rings (SSSR count). The maximum absolute atomic E-state index is 8.67. The maximum atomic E-state index is 8.67. The molecule has 0 aliphatic rings. The Morgan fingerprint density at radius 2 is 2.14 bits per heavy atom. The molecule has 0 aliphatic carbocycles. The number of hydrogen-bond acceptors (Lipinski definition) is 4. The van der Waals surface area contributed by atoms with Gasteiger partial charge in [-0.05, 0) is 30.9 Å². The first-order valence-corrected chi connectivity index (χ1v) is 7.09. The van der Waals surface area contributed by atoms with E-state index in [1.165, 1.54) is 0 Å². The summed E-state index contributed by atoms with van der Waals surface area (Å²) in [6, 6.07) is 6.19. The van der Waals surface area contributed by atoms with Gasteiger partial charge in [-0.1, -0.05) is 13.8 Å². The lowest BCUT2D eigenvalue weighted by Crippen LogP contribution is -2.23.